The van der Waals surface area contributed by atoms with Gasteiger partial charge >= 0.3 is 0 Å². The normalized spacial score (nSPS) is 11.0. The summed E-state index contributed by atoms with van der Waals surface area (Å²) >= 11 is 0. The summed E-state index contributed by atoms with van der Waals surface area (Å²) in [4.78, 5) is 3.01. The van der Waals surface area contributed by atoms with E-state index in [4.69, 9.17) is 0 Å². The zero-order chi connectivity index (χ0) is 8.23. The molecule has 5 heteroatoms. The van der Waals surface area contributed by atoms with Gasteiger partial charge in [-0.15, -0.1) is 0 Å². The Hall–Kier alpha value is -1.91. The molecule has 0 saturated heterocycles. The van der Waals surface area contributed by atoms with Crippen molar-refractivity contribution >= 4 is 12.2 Å². The van der Waals surface area contributed by atoms with Gasteiger partial charge in [0.25, 0.3) is 0 Å². The second-order valence-electron chi connectivity index (χ2n) is 2.17. The number of H-pyrrole nitrogens is 1. The fraction of sp³-hybridized carbons (Fsp3) is 0. The molecule has 0 saturated carbocycles. The van der Waals surface area contributed by atoms with Crippen molar-refractivity contribution in [3.8, 4) is 0 Å². The van der Waals surface area contributed by atoms with Gasteiger partial charge in [0, 0.05) is 11.9 Å². The van der Waals surface area contributed by atoms with Gasteiger partial charge in [-0.25, -0.2) is 4.63 Å². The molecule has 0 spiro atoms. The lowest BCUT2D eigenvalue weighted by Crippen LogP contribution is -1.74. The van der Waals surface area contributed by atoms with Crippen LogP contribution in [0.3, 0.4) is 0 Å². The van der Waals surface area contributed by atoms with Gasteiger partial charge in [0.05, 0.1) is 5.27 Å². The number of hydrogen-bond donors (Lipinski definition) is 1. The molecule has 1 N–H and O–H groups in total. The number of aromatic amines is 1. The lowest BCUT2D eigenvalue weighted by Gasteiger charge is -1.80. The zero-order valence-electron chi connectivity index (χ0n) is 6.14. The van der Waals surface area contributed by atoms with Crippen LogP contribution in [-0.4, -0.2) is 20.5 Å². The standard InChI is InChI=1S/C7H6N4O/c1-2-6(8-5-1)3-4-7-9-11-12-10-7/h1-5,8H/b4-3+. The summed E-state index contributed by atoms with van der Waals surface area (Å²) in [5.41, 5.74) is 0.986. The molecule has 2 rings (SSSR count). The van der Waals surface area contributed by atoms with Gasteiger partial charge in [0.15, 0.2) is 0 Å². The Morgan fingerprint density at radius 2 is 2.42 bits per heavy atom. The summed E-state index contributed by atoms with van der Waals surface area (Å²) < 4.78 is 4.31. The lowest BCUT2D eigenvalue weighted by molar-refractivity contribution is 0.292. The first-order valence-electron chi connectivity index (χ1n) is 3.42. The van der Waals surface area contributed by atoms with Crippen molar-refractivity contribution in [1.82, 2.24) is 20.5 Å². The molecule has 0 unspecified atom stereocenters. The van der Waals surface area contributed by atoms with Gasteiger partial charge in [-0.05, 0) is 29.4 Å². The Labute approximate surface area is 68.1 Å². The Bertz CT molecular complexity index is 312. The summed E-state index contributed by atoms with van der Waals surface area (Å²) in [6.45, 7) is 0. The van der Waals surface area contributed by atoms with Crippen molar-refractivity contribution in [2.75, 3.05) is 0 Å². The van der Waals surface area contributed by atoms with E-state index in [0.29, 0.717) is 5.82 Å². The third-order valence-electron chi connectivity index (χ3n) is 1.35. The van der Waals surface area contributed by atoms with Gasteiger partial charge in [-0.3, -0.25) is 0 Å². The first kappa shape index (κ1) is 6.78. The van der Waals surface area contributed by atoms with E-state index in [1.54, 1.807) is 6.08 Å². The summed E-state index contributed by atoms with van der Waals surface area (Å²) in [6.07, 6.45) is 5.39. The van der Waals surface area contributed by atoms with Crippen LogP contribution in [0.1, 0.15) is 11.5 Å². The second-order valence-corrected chi connectivity index (χ2v) is 2.17. The average molecular weight is 162 g/mol. The van der Waals surface area contributed by atoms with Crippen LogP contribution in [0.15, 0.2) is 23.0 Å². The Morgan fingerprint density at radius 3 is 3.08 bits per heavy atom. The smallest absolute Gasteiger partial charge is 0.219 e. The molecule has 0 radical (unpaired) electrons. The number of nitrogens with zero attached hydrogens (tertiary/aromatic N) is 3. The zero-order valence-corrected chi connectivity index (χ0v) is 6.14. The van der Waals surface area contributed by atoms with Crippen molar-refractivity contribution in [2.24, 2.45) is 0 Å². The number of hydrogen-bond acceptors (Lipinski definition) is 4. The number of rotatable bonds is 2. The highest BCUT2D eigenvalue weighted by Crippen LogP contribution is 2.00. The highest BCUT2D eigenvalue weighted by molar-refractivity contribution is 5.63. The predicted octanol–water partition coefficient (Wildman–Crippen LogP) is 0.963. The molecule has 0 aromatic carbocycles. The van der Waals surface area contributed by atoms with Crippen LogP contribution >= 0.6 is 0 Å². The largest absolute Gasteiger partial charge is 0.362 e. The van der Waals surface area contributed by atoms with E-state index in [1.165, 1.54) is 0 Å². The van der Waals surface area contributed by atoms with E-state index in [1.807, 2.05) is 24.4 Å². The second kappa shape index (κ2) is 3.00. The minimum Gasteiger partial charge on any atom is -0.362 e. The lowest BCUT2D eigenvalue weighted by atomic mass is 10.4. The van der Waals surface area contributed by atoms with E-state index in [9.17, 15) is 0 Å². The van der Waals surface area contributed by atoms with Gasteiger partial charge in [-0.2, -0.15) is 0 Å². The Balaban J connectivity index is 2.14. The van der Waals surface area contributed by atoms with E-state index < -0.39 is 0 Å². The van der Waals surface area contributed by atoms with Crippen molar-refractivity contribution in [3.05, 3.63) is 29.8 Å². The third kappa shape index (κ3) is 1.39. The monoisotopic (exact) mass is 162 g/mol. The maximum Gasteiger partial charge on any atom is 0.219 e. The molecule has 0 bridgehead atoms. The molecule has 2 aromatic rings. The van der Waals surface area contributed by atoms with Crippen molar-refractivity contribution in [2.45, 2.75) is 0 Å². The van der Waals surface area contributed by atoms with E-state index >= 15 is 0 Å². The molecular formula is C7H6N4O. The van der Waals surface area contributed by atoms with Crippen LogP contribution in [-0.2, 0) is 0 Å². The van der Waals surface area contributed by atoms with Crippen LogP contribution in [0.4, 0.5) is 0 Å². The summed E-state index contributed by atoms with van der Waals surface area (Å²) in [6, 6.07) is 3.85. The van der Waals surface area contributed by atoms with Gasteiger partial charge in [0.2, 0.25) is 5.82 Å². The van der Waals surface area contributed by atoms with E-state index in [-0.39, 0.29) is 0 Å². The molecule has 0 amide bonds. The molecule has 12 heavy (non-hydrogen) atoms. The minimum absolute atomic E-state index is 0.463. The third-order valence-corrected chi connectivity index (χ3v) is 1.35. The van der Waals surface area contributed by atoms with Crippen LogP contribution < -0.4 is 0 Å². The SMILES string of the molecule is C(=C\c1ccc[nH]1)/c1nnon1. The molecule has 0 aliphatic carbocycles. The predicted molar refractivity (Wildman–Crippen MR) is 41.8 cm³/mol. The van der Waals surface area contributed by atoms with Crippen molar-refractivity contribution in [3.63, 3.8) is 0 Å². The highest BCUT2D eigenvalue weighted by atomic mass is 16.6. The molecule has 0 aliphatic heterocycles. The van der Waals surface area contributed by atoms with Crippen LogP contribution in [0, 0.1) is 0 Å². The molecule has 2 heterocycles. The first-order valence-corrected chi connectivity index (χ1v) is 3.42. The molecule has 5 nitrogen and oxygen atoms in total. The maximum absolute atomic E-state index is 4.31. The molecule has 0 fully saturated rings. The molecule has 0 aliphatic rings. The Morgan fingerprint density at radius 1 is 1.42 bits per heavy atom. The quantitative estimate of drug-likeness (QED) is 0.714. The van der Waals surface area contributed by atoms with Crippen LogP contribution in [0.25, 0.3) is 12.2 Å². The number of nitrogens with one attached hydrogen (secondary N) is 1. The maximum atomic E-state index is 4.31. The van der Waals surface area contributed by atoms with Gasteiger partial charge in [0.1, 0.15) is 0 Å². The first-order chi connectivity index (χ1) is 5.95. The Kier molecular flexibility index (Phi) is 1.69. The fourth-order valence-electron chi connectivity index (χ4n) is 0.814. The van der Waals surface area contributed by atoms with Crippen molar-refractivity contribution < 1.29 is 4.63 Å². The molecule has 2 aromatic heterocycles. The summed E-state index contributed by atoms with van der Waals surface area (Å²) in [5, 5.41) is 10.3. The topological polar surface area (TPSA) is 67.6 Å². The number of aromatic nitrogens is 4. The highest BCUT2D eigenvalue weighted by Gasteiger charge is 1.91. The van der Waals surface area contributed by atoms with E-state index in [0.717, 1.165) is 5.69 Å². The fourth-order valence-corrected chi connectivity index (χ4v) is 0.814. The average Bonchev–Trinajstić information content (AvgIpc) is 2.74. The van der Waals surface area contributed by atoms with Crippen LogP contribution in [0.2, 0.25) is 0 Å². The summed E-state index contributed by atoms with van der Waals surface area (Å²) in [5.74, 6) is 0.463. The molecular weight excluding hydrogens is 156 g/mol. The molecule has 0 atom stereocenters. The molecule has 60 valence electrons. The van der Waals surface area contributed by atoms with Crippen LogP contribution in [0.5, 0.6) is 0 Å². The van der Waals surface area contributed by atoms with Crippen molar-refractivity contribution in [1.29, 1.82) is 0 Å². The summed E-state index contributed by atoms with van der Waals surface area (Å²) in [7, 11) is 0. The van der Waals surface area contributed by atoms with Gasteiger partial charge in [-0.1, -0.05) is 5.10 Å². The van der Waals surface area contributed by atoms with E-state index in [2.05, 4.69) is 25.1 Å². The van der Waals surface area contributed by atoms with Gasteiger partial charge < -0.3 is 4.98 Å². The minimum atomic E-state index is 0.463.